The lowest BCUT2D eigenvalue weighted by atomic mass is 10.2. The zero-order chi connectivity index (χ0) is 13.5. The van der Waals surface area contributed by atoms with Crippen molar-refractivity contribution in [2.24, 2.45) is 5.73 Å². The van der Waals surface area contributed by atoms with Gasteiger partial charge in [0.15, 0.2) is 0 Å². The molecule has 1 saturated heterocycles. The van der Waals surface area contributed by atoms with E-state index in [1.54, 1.807) is 0 Å². The van der Waals surface area contributed by atoms with Gasteiger partial charge in [-0.2, -0.15) is 0 Å². The summed E-state index contributed by atoms with van der Waals surface area (Å²) in [7, 11) is 0. The summed E-state index contributed by atoms with van der Waals surface area (Å²) in [5.41, 5.74) is 6.70. The molecule has 1 unspecified atom stereocenters. The van der Waals surface area contributed by atoms with Crippen molar-refractivity contribution in [3.63, 3.8) is 0 Å². The van der Waals surface area contributed by atoms with Gasteiger partial charge in [-0.3, -0.25) is 4.90 Å². The lowest BCUT2D eigenvalue weighted by Gasteiger charge is -2.22. The molecular formula is C15H24N2O2. The summed E-state index contributed by atoms with van der Waals surface area (Å²) in [6.07, 6.45) is 3.31. The fraction of sp³-hybridized carbons (Fsp3) is 0.600. The number of nitrogens with zero attached hydrogens (tertiary/aromatic N) is 1. The first-order valence-corrected chi connectivity index (χ1v) is 7.10. The van der Waals surface area contributed by atoms with Crippen molar-refractivity contribution in [2.45, 2.75) is 31.8 Å². The Labute approximate surface area is 115 Å². The summed E-state index contributed by atoms with van der Waals surface area (Å²) in [4.78, 5) is 2.36. The van der Waals surface area contributed by atoms with Crippen LogP contribution in [0, 0.1) is 0 Å². The van der Waals surface area contributed by atoms with Gasteiger partial charge < -0.3 is 15.6 Å². The summed E-state index contributed by atoms with van der Waals surface area (Å²) < 4.78 is 5.73. The SMILES string of the molecule is NCc1cccc(OCCCN2CCCC2CO)c1. The Morgan fingerprint density at radius 1 is 1.42 bits per heavy atom. The maximum atomic E-state index is 9.24. The minimum Gasteiger partial charge on any atom is -0.494 e. The van der Waals surface area contributed by atoms with E-state index in [1.807, 2.05) is 24.3 Å². The molecule has 0 saturated carbocycles. The van der Waals surface area contributed by atoms with Crippen molar-refractivity contribution >= 4 is 0 Å². The Morgan fingerprint density at radius 3 is 3.11 bits per heavy atom. The predicted molar refractivity (Wildman–Crippen MR) is 76.1 cm³/mol. The smallest absolute Gasteiger partial charge is 0.119 e. The molecule has 1 heterocycles. The lowest BCUT2D eigenvalue weighted by molar-refractivity contribution is 0.150. The summed E-state index contributed by atoms with van der Waals surface area (Å²) in [6.45, 7) is 3.64. The second kappa shape index (κ2) is 7.48. The Morgan fingerprint density at radius 2 is 2.32 bits per heavy atom. The topological polar surface area (TPSA) is 58.7 Å². The standard InChI is InChI=1S/C15H24N2O2/c16-11-13-4-1-6-15(10-13)19-9-3-8-17-7-2-5-14(17)12-18/h1,4,6,10,14,18H,2-3,5,7-9,11-12,16H2. The van der Waals surface area contributed by atoms with Crippen molar-refractivity contribution in [3.05, 3.63) is 29.8 Å². The maximum absolute atomic E-state index is 9.24. The first-order chi connectivity index (χ1) is 9.33. The van der Waals surface area contributed by atoms with Crippen molar-refractivity contribution < 1.29 is 9.84 Å². The monoisotopic (exact) mass is 264 g/mol. The molecule has 3 N–H and O–H groups in total. The molecule has 0 spiro atoms. The van der Waals surface area contributed by atoms with Gasteiger partial charge >= 0.3 is 0 Å². The van der Waals surface area contributed by atoms with Crippen molar-refractivity contribution in [3.8, 4) is 5.75 Å². The molecule has 0 aromatic heterocycles. The third-order valence-electron chi connectivity index (χ3n) is 3.70. The minimum absolute atomic E-state index is 0.277. The van der Waals surface area contributed by atoms with Crippen molar-refractivity contribution in [1.82, 2.24) is 4.90 Å². The number of likely N-dealkylation sites (tertiary alicyclic amines) is 1. The van der Waals surface area contributed by atoms with Gasteiger partial charge in [-0.25, -0.2) is 0 Å². The maximum Gasteiger partial charge on any atom is 0.119 e. The van der Waals surface area contributed by atoms with E-state index in [2.05, 4.69) is 4.90 Å². The number of benzene rings is 1. The molecule has 1 fully saturated rings. The molecule has 1 aromatic rings. The number of aliphatic hydroxyl groups excluding tert-OH is 1. The largest absolute Gasteiger partial charge is 0.494 e. The molecule has 106 valence electrons. The second-order valence-corrected chi connectivity index (χ2v) is 5.07. The molecule has 1 atom stereocenters. The molecule has 4 nitrogen and oxygen atoms in total. The van der Waals surface area contributed by atoms with Crippen molar-refractivity contribution in [2.75, 3.05) is 26.3 Å². The van der Waals surface area contributed by atoms with E-state index in [4.69, 9.17) is 10.5 Å². The highest BCUT2D eigenvalue weighted by atomic mass is 16.5. The number of hydrogen-bond acceptors (Lipinski definition) is 4. The van der Waals surface area contributed by atoms with E-state index < -0.39 is 0 Å². The van der Waals surface area contributed by atoms with E-state index in [0.717, 1.165) is 37.2 Å². The Bertz CT molecular complexity index is 384. The number of nitrogens with two attached hydrogens (primary N) is 1. The van der Waals surface area contributed by atoms with Gasteiger partial charge in [-0.1, -0.05) is 12.1 Å². The number of aliphatic hydroxyl groups is 1. The van der Waals surface area contributed by atoms with Crippen LogP contribution in [0.15, 0.2) is 24.3 Å². The number of rotatable bonds is 7. The van der Waals surface area contributed by atoms with E-state index in [0.29, 0.717) is 19.2 Å². The highest BCUT2D eigenvalue weighted by molar-refractivity contribution is 5.28. The molecular weight excluding hydrogens is 240 g/mol. The van der Waals surface area contributed by atoms with Gasteiger partial charge in [0, 0.05) is 19.1 Å². The van der Waals surface area contributed by atoms with Gasteiger partial charge in [0.05, 0.1) is 13.2 Å². The third kappa shape index (κ3) is 4.20. The van der Waals surface area contributed by atoms with Crippen LogP contribution in [0.3, 0.4) is 0 Å². The average Bonchev–Trinajstić information content (AvgIpc) is 2.91. The summed E-state index contributed by atoms with van der Waals surface area (Å²) in [5, 5.41) is 9.24. The molecule has 0 amide bonds. The molecule has 0 aliphatic carbocycles. The molecule has 0 bridgehead atoms. The summed E-state index contributed by atoms with van der Waals surface area (Å²) >= 11 is 0. The second-order valence-electron chi connectivity index (χ2n) is 5.07. The Kier molecular flexibility index (Phi) is 5.63. The van der Waals surface area contributed by atoms with Crippen LogP contribution in [0.25, 0.3) is 0 Å². The van der Waals surface area contributed by atoms with Crippen LogP contribution in [0.2, 0.25) is 0 Å². The highest BCUT2D eigenvalue weighted by Crippen LogP contribution is 2.17. The van der Waals surface area contributed by atoms with Gasteiger partial charge in [0.1, 0.15) is 5.75 Å². The van der Waals surface area contributed by atoms with Crippen LogP contribution in [0.1, 0.15) is 24.8 Å². The molecule has 1 aliphatic heterocycles. The molecule has 1 aromatic carbocycles. The van der Waals surface area contributed by atoms with Gasteiger partial charge in [-0.15, -0.1) is 0 Å². The molecule has 1 aliphatic rings. The van der Waals surface area contributed by atoms with Crippen molar-refractivity contribution in [1.29, 1.82) is 0 Å². The van der Waals surface area contributed by atoms with E-state index >= 15 is 0 Å². The third-order valence-corrected chi connectivity index (χ3v) is 3.70. The fourth-order valence-electron chi connectivity index (χ4n) is 2.62. The molecule has 2 rings (SSSR count). The van der Waals surface area contributed by atoms with Gasteiger partial charge in [0.25, 0.3) is 0 Å². The quantitative estimate of drug-likeness (QED) is 0.730. The van der Waals surface area contributed by atoms with Crippen LogP contribution >= 0.6 is 0 Å². The fourth-order valence-corrected chi connectivity index (χ4v) is 2.62. The first kappa shape index (κ1) is 14.3. The van der Waals surface area contributed by atoms with Crippen LogP contribution in [0.5, 0.6) is 5.75 Å². The van der Waals surface area contributed by atoms with E-state index in [-0.39, 0.29) is 6.61 Å². The molecule has 19 heavy (non-hydrogen) atoms. The average molecular weight is 264 g/mol. The van der Waals surface area contributed by atoms with Gasteiger partial charge in [-0.05, 0) is 43.5 Å². The van der Waals surface area contributed by atoms with Crippen LogP contribution < -0.4 is 10.5 Å². The summed E-state index contributed by atoms with van der Waals surface area (Å²) in [5.74, 6) is 0.892. The number of hydrogen-bond donors (Lipinski definition) is 2. The lowest BCUT2D eigenvalue weighted by Crippen LogP contribution is -2.33. The zero-order valence-electron chi connectivity index (χ0n) is 11.4. The van der Waals surface area contributed by atoms with Gasteiger partial charge in [0.2, 0.25) is 0 Å². The zero-order valence-corrected chi connectivity index (χ0v) is 11.4. The van der Waals surface area contributed by atoms with Crippen LogP contribution in [0.4, 0.5) is 0 Å². The summed E-state index contributed by atoms with van der Waals surface area (Å²) in [6, 6.07) is 8.29. The molecule has 4 heteroatoms. The normalized spacial score (nSPS) is 19.8. The Hall–Kier alpha value is -1.10. The van der Waals surface area contributed by atoms with Crippen LogP contribution in [-0.4, -0.2) is 42.4 Å². The van der Waals surface area contributed by atoms with E-state index in [9.17, 15) is 5.11 Å². The van der Waals surface area contributed by atoms with E-state index in [1.165, 1.54) is 6.42 Å². The molecule has 0 radical (unpaired) electrons. The predicted octanol–water partition coefficient (Wildman–Crippen LogP) is 1.37. The first-order valence-electron chi connectivity index (χ1n) is 7.10. The number of ether oxygens (including phenoxy) is 1. The highest BCUT2D eigenvalue weighted by Gasteiger charge is 2.22. The van der Waals surface area contributed by atoms with Crippen LogP contribution in [-0.2, 0) is 6.54 Å². The Balaban J connectivity index is 1.68. The minimum atomic E-state index is 0.277.